The molecule has 1 nitrogen and oxygen atoms in total. The third-order valence-electron chi connectivity index (χ3n) is 4.33. The first kappa shape index (κ1) is 25.1. The molecule has 1 aromatic carbocycles. The Morgan fingerprint density at radius 3 is 1.45 bits per heavy atom. The quantitative estimate of drug-likeness (QED) is 0.363. The summed E-state index contributed by atoms with van der Waals surface area (Å²) in [6.45, 7) is 19.9. The third kappa shape index (κ3) is 9.89. The second-order valence-electron chi connectivity index (χ2n) is 10.3. The van der Waals surface area contributed by atoms with Gasteiger partial charge in [0.25, 0.3) is 0 Å². The van der Waals surface area contributed by atoms with Gasteiger partial charge in [0.2, 0.25) is 0 Å². The largest absolute Gasteiger partial charge is 0.261 e. The zero-order valence-electron chi connectivity index (χ0n) is 19.8. The first-order valence-electron chi connectivity index (χ1n) is 10.3. The van der Waals surface area contributed by atoms with E-state index in [4.69, 9.17) is 0 Å². The number of aromatic nitrogens is 1. The molecule has 3 aromatic rings. The lowest BCUT2D eigenvalue weighted by Crippen LogP contribution is -2.12. The summed E-state index contributed by atoms with van der Waals surface area (Å²) in [6.07, 6.45) is 1.83. The molecule has 2 heterocycles. The minimum Gasteiger partial charge on any atom is -0.261 e. The van der Waals surface area contributed by atoms with Crippen LogP contribution in [-0.2, 0) is 16.2 Å². The Labute approximate surface area is 183 Å². The molecule has 0 N–H and O–H groups in total. The second kappa shape index (κ2) is 10.7. The van der Waals surface area contributed by atoms with Crippen LogP contribution in [0.2, 0.25) is 0 Å². The summed E-state index contributed by atoms with van der Waals surface area (Å²) in [6, 6.07) is 20.9. The van der Waals surface area contributed by atoms with Crippen LogP contribution < -0.4 is 0 Å². The van der Waals surface area contributed by atoms with Crippen molar-refractivity contribution in [3.63, 3.8) is 0 Å². The van der Waals surface area contributed by atoms with Gasteiger partial charge in [-0.2, -0.15) is 0 Å². The summed E-state index contributed by atoms with van der Waals surface area (Å²) in [5.41, 5.74) is 3.36. The van der Waals surface area contributed by atoms with Gasteiger partial charge < -0.3 is 0 Å². The number of nitrogens with zero attached hydrogens (tertiary/aromatic N) is 1. The molecule has 158 valence electrons. The zero-order valence-corrected chi connectivity index (χ0v) is 20.6. The Balaban J connectivity index is 0.000000218. The molecule has 29 heavy (non-hydrogen) atoms. The van der Waals surface area contributed by atoms with Crippen molar-refractivity contribution in [2.24, 2.45) is 0 Å². The molecule has 0 aliphatic rings. The third-order valence-corrected chi connectivity index (χ3v) is 5.63. The van der Waals surface area contributed by atoms with E-state index in [2.05, 4.69) is 121 Å². The second-order valence-corrected chi connectivity index (χ2v) is 11.3. The van der Waals surface area contributed by atoms with Crippen LogP contribution in [0.25, 0.3) is 0 Å². The number of thiophene rings is 1. The van der Waals surface area contributed by atoms with Gasteiger partial charge in [-0.25, -0.2) is 0 Å². The Morgan fingerprint density at radius 1 is 0.586 bits per heavy atom. The molecule has 0 spiro atoms. The van der Waals surface area contributed by atoms with Gasteiger partial charge in [-0.1, -0.05) is 105 Å². The maximum atomic E-state index is 4.25. The molecular weight excluding hydrogens is 370 g/mol. The highest BCUT2D eigenvalue weighted by atomic mass is 32.1. The minimum atomic E-state index is 0.182. The van der Waals surface area contributed by atoms with Crippen molar-refractivity contribution in [3.8, 4) is 0 Å². The maximum Gasteiger partial charge on any atom is 0.0457 e. The highest BCUT2D eigenvalue weighted by molar-refractivity contribution is 7.10. The van der Waals surface area contributed by atoms with Crippen LogP contribution in [0.3, 0.4) is 0 Å². The van der Waals surface area contributed by atoms with E-state index in [1.54, 1.807) is 0 Å². The van der Waals surface area contributed by atoms with Gasteiger partial charge in [-0.15, -0.1) is 11.3 Å². The van der Waals surface area contributed by atoms with Crippen LogP contribution >= 0.6 is 11.3 Å². The van der Waals surface area contributed by atoms with Gasteiger partial charge >= 0.3 is 0 Å². The lowest BCUT2D eigenvalue weighted by molar-refractivity contribution is 0.569. The van der Waals surface area contributed by atoms with E-state index in [1.165, 1.54) is 10.4 Å². The normalized spacial score (nSPS) is 11.6. The van der Waals surface area contributed by atoms with E-state index >= 15 is 0 Å². The Hall–Kier alpha value is -1.93. The molecule has 0 radical (unpaired) electrons. The van der Waals surface area contributed by atoms with Crippen LogP contribution in [0.4, 0.5) is 0 Å². The van der Waals surface area contributed by atoms with Crippen molar-refractivity contribution in [1.29, 1.82) is 0 Å². The average Bonchev–Trinajstić information content (AvgIpc) is 3.18. The van der Waals surface area contributed by atoms with Crippen molar-refractivity contribution in [2.75, 3.05) is 0 Å². The fourth-order valence-electron chi connectivity index (χ4n) is 2.45. The molecule has 0 fully saturated rings. The van der Waals surface area contributed by atoms with Crippen molar-refractivity contribution in [3.05, 3.63) is 88.4 Å². The molecule has 0 saturated carbocycles. The lowest BCUT2D eigenvalue weighted by atomic mass is 9.87. The highest BCUT2D eigenvalue weighted by Crippen LogP contribution is 2.26. The molecule has 2 heteroatoms. The van der Waals surface area contributed by atoms with E-state index in [-0.39, 0.29) is 5.41 Å². The van der Waals surface area contributed by atoms with Crippen LogP contribution in [0.15, 0.2) is 72.2 Å². The maximum absolute atomic E-state index is 4.25. The number of rotatable bonds is 0. The molecule has 0 bridgehead atoms. The fourth-order valence-corrected chi connectivity index (χ4v) is 3.26. The van der Waals surface area contributed by atoms with Crippen molar-refractivity contribution < 1.29 is 0 Å². The Bertz CT molecular complexity index is 734. The van der Waals surface area contributed by atoms with Gasteiger partial charge in [0.15, 0.2) is 0 Å². The van der Waals surface area contributed by atoms with Crippen LogP contribution in [0.1, 0.15) is 78.4 Å². The topological polar surface area (TPSA) is 12.9 Å². The molecular formula is C27H39NS. The molecule has 3 rings (SSSR count). The summed E-state index contributed by atoms with van der Waals surface area (Å²) in [5.74, 6) is 0. The van der Waals surface area contributed by atoms with Gasteiger partial charge in [-0.05, 0) is 40.0 Å². The van der Waals surface area contributed by atoms with Crippen molar-refractivity contribution >= 4 is 11.3 Å². The summed E-state index contributed by atoms with van der Waals surface area (Å²) in [5, 5.41) is 2.13. The van der Waals surface area contributed by atoms with Gasteiger partial charge in [0.05, 0.1) is 0 Å². The summed E-state index contributed by atoms with van der Waals surface area (Å²) in [7, 11) is 0. The van der Waals surface area contributed by atoms with E-state index in [1.807, 2.05) is 29.7 Å². The van der Waals surface area contributed by atoms with Gasteiger partial charge in [0, 0.05) is 22.2 Å². The Morgan fingerprint density at radius 2 is 1.17 bits per heavy atom. The fraction of sp³-hybridized carbons (Fsp3) is 0.444. The van der Waals surface area contributed by atoms with Gasteiger partial charge in [0.1, 0.15) is 0 Å². The molecule has 0 aliphatic carbocycles. The zero-order chi connectivity index (χ0) is 22.1. The lowest BCUT2D eigenvalue weighted by Gasteiger charge is -2.18. The molecule has 0 unspecified atom stereocenters. The SMILES string of the molecule is CC(C)(C)c1ccccc1.CC(C)(C)c1ccccn1.CC(C)(C)c1cccs1. The van der Waals surface area contributed by atoms with E-state index in [0.29, 0.717) is 10.8 Å². The summed E-state index contributed by atoms with van der Waals surface area (Å²) >= 11 is 1.83. The van der Waals surface area contributed by atoms with E-state index in [9.17, 15) is 0 Å². The summed E-state index contributed by atoms with van der Waals surface area (Å²) in [4.78, 5) is 5.71. The first-order chi connectivity index (χ1) is 13.3. The standard InChI is InChI=1S/C10H14.C9H13N.C8H12S/c1-10(2,3)9-7-5-4-6-8-9;1-9(2,3)8-6-4-5-7-10-8;1-8(2,3)7-5-4-6-9-7/h4-8H,1-3H3;4-7H,1-3H3;4-6H,1-3H3. The van der Waals surface area contributed by atoms with E-state index < -0.39 is 0 Å². The van der Waals surface area contributed by atoms with Gasteiger partial charge in [-0.3, -0.25) is 4.98 Å². The molecule has 0 aliphatic heterocycles. The number of benzene rings is 1. The average molecular weight is 410 g/mol. The molecule has 0 atom stereocenters. The van der Waals surface area contributed by atoms with Crippen molar-refractivity contribution in [1.82, 2.24) is 4.98 Å². The van der Waals surface area contributed by atoms with Crippen LogP contribution in [-0.4, -0.2) is 4.98 Å². The monoisotopic (exact) mass is 409 g/mol. The number of pyridine rings is 1. The van der Waals surface area contributed by atoms with Crippen LogP contribution in [0.5, 0.6) is 0 Å². The Kier molecular flexibility index (Phi) is 9.29. The number of hydrogen-bond donors (Lipinski definition) is 0. The molecule has 0 amide bonds. The minimum absolute atomic E-state index is 0.182. The molecule has 0 saturated heterocycles. The van der Waals surface area contributed by atoms with Crippen LogP contribution in [0, 0.1) is 0 Å². The van der Waals surface area contributed by atoms with Crippen molar-refractivity contribution in [2.45, 2.75) is 78.6 Å². The number of hydrogen-bond acceptors (Lipinski definition) is 2. The summed E-state index contributed by atoms with van der Waals surface area (Å²) < 4.78 is 0. The molecule has 2 aromatic heterocycles. The smallest absolute Gasteiger partial charge is 0.0457 e. The first-order valence-corrected chi connectivity index (χ1v) is 11.2. The predicted octanol–water partition coefficient (Wildman–Crippen LogP) is 8.41. The predicted molar refractivity (Wildman–Crippen MR) is 131 cm³/mol. The highest BCUT2D eigenvalue weighted by Gasteiger charge is 2.14. The van der Waals surface area contributed by atoms with E-state index in [0.717, 1.165) is 5.69 Å².